The first-order valence-corrected chi connectivity index (χ1v) is 11.4. The highest BCUT2D eigenvalue weighted by Crippen LogP contribution is 2.37. The lowest BCUT2D eigenvalue weighted by molar-refractivity contribution is -0.127. The number of nitrogens with one attached hydrogen (secondary N) is 1. The van der Waals surface area contributed by atoms with Gasteiger partial charge in [-0.05, 0) is 61.9 Å². The molecule has 1 saturated carbocycles. The number of amides is 1. The largest absolute Gasteiger partial charge is 0.493 e. The molecule has 3 aromatic rings. The minimum absolute atomic E-state index is 0.0121. The Morgan fingerprint density at radius 1 is 1.12 bits per heavy atom. The first-order valence-electron chi connectivity index (χ1n) is 11.4. The predicted molar refractivity (Wildman–Crippen MR) is 120 cm³/mol. The topological polar surface area (TPSA) is 60.7 Å². The lowest BCUT2D eigenvalue weighted by Crippen LogP contribution is -2.41. The minimum atomic E-state index is -0.382. The molecule has 5 rings (SSSR count). The van der Waals surface area contributed by atoms with E-state index in [0.717, 1.165) is 35.3 Å². The van der Waals surface area contributed by atoms with Crippen molar-refractivity contribution in [1.82, 2.24) is 5.32 Å². The fourth-order valence-corrected chi connectivity index (χ4v) is 4.98. The van der Waals surface area contributed by atoms with Crippen molar-refractivity contribution in [2.45, 2.75) is 50.5 Å². The third-order valence-corrected chi connectivity index (χ3v) is 6.71. The lowest BCUT2D eigenvalue weighted by Gasteiger charge is -2.29. The Kier molecular flexibility index (Phi) is 5.77. The van der Waals surface area contributed by atoms with Crippen LogP contribution in [-0.4, -0.2) is 25.7 Å². The summed E-state index contributed by atoms with van der Waals surface area (Å²) in [6, 6.07) is 12.8. The van der Waals surface area contributed by atoms with Gasteiger partial charge in [-0.25, -0.2) is 4.39 Å². The number of carbonyl (C=O) groups excluding carboxylic acids is 1. The maximum absolute atomic E-state index is 14.0. The number of hydrogen-bond donors (Lipinski definition) is 1. The molecule has 1 aliphatic heterocycles. The van der Waals surface area contributed by atoms with Gasteiger partial charge in [-0.15, -0.1) is 0 Å². The van der Waals surface area contributed by atoms with Crippen LogP contribution in [0.2, 0.25) is 0 Å². The smallest absolute Gasteiger partial charge is 0.223 e. The molecule has 0 spiro atoms. The highest BCUT2D eigenvalue weighted by molar-refractivity contribution is 5.81. The molecule has 2 aliphatic rings. The van der Waals surface area contributed by atoms with Gasteiger partial charge in [0.2, 0.25) is 5.91 Å². The van der Waals surface area contributed by atoms with Crippen LogP contribution in [0.4, 0.5) is 4.39 Å². The molecule has 168 valence electrons. The average Bonchev–Trinajstić information content (AvgIpc) is 3.45. The highest BCUT2D eigenvalue weighted by Gasteiger charge is 2.31. The van der Waals surface area contributed by atoms with Crippen molar-refractivity contribution in [2.24, 2.45) is 5.92 Å². The molecule has 5 nitrogen and oxygen atoms in total. The van der Waals surface area contributed by atoms with Gasteiger partial charge in [-0.1, -0.05) is 18.2 Å². The summed E-state index contributed by atoms with van der Waals surface area (Å²) in [5, 5.41) is 3.76. The van der Waals surface area contributed by atoms with Crippen molar-refractivity contribution in [1.29, 1.82) is 0 Å². The van der Waals surface area contributed by atoms with Gasteiger partial charge in [0.25, 0.3) is 0 Å². The fraction of sp³-hybridized carbons (Fsp3) is 0.423. The van der Waals surface area contributed by atoms with Crippen LogP contribution in [-0.2, 0) is 11.2 Å². The third-order valence-electron chi connectivity index (χ3n) is 6.71. The number of carbonyl (C=O) groups is 1. The molecule has 0 unspecified atom stereocenters. The fourth-order valence-electron chi connectivity index (χ4n) is 4.98. The van der Waals surface area contributed by atoms with Gasteiger partial charge in [0.1, 0.15) is 5.76 Å². The summed E-state index contributed by atoms with van der Waals surface area (Å²) in [5.41, 5.74) is 1.37. The zero-order chi connectivity index (χ0) is 22.1. The molecule has 32 heavy (non-hydrogen) atoms. The van der Waals surface area contributed by atoms with Gasteiger partial charge in [-0.2, -0.15) is 0 Å². The Labute approximate surface area is 186 Å². The highest BCUT2D eigenvalue weighted by atomic mass is 19.1. The van der Waals surface area contributed by atoms with Crippen molar-refractivity contribution in [3.05, 3.63) is 59.6 Å². The molecule has 1 saturated heterocycles. The van der Waals surface area contributed by atoms with E-state index < -0.39 is 0 Å². The van der Waals surface area contributed by atoms with Crippen molar-refractivity contribution >= 4 is 16.9 Å². The molecule has 6 heteroatoms. The maximum atomic E-state index is 14.0. The number of fused-ring (bicyclic) bond motifs is 1. The van der Waals surface area contributed by atoms with Crippen LogP contribution in [0.5, 0.6) is 11.5 Å². The molecule has 1 aliphatic carbocycles. The Balaban J connectivity index is 1.34. The number of halogens is 1. The van der Waals surface area contributed by atoms with E-state index >= 15 is 0 Å². The zero-order valence-corrected chi connectivity index (χ0v) is 18.2. The summed E-state index contributed by atoms with van der Waals surface area (Å²) in [6.45, 7) is 0.583. The van der Waals surface area contributed by atoms with Gasteiger partial charge in [0.05, 0.1) is 13.2 Å². The number of rotatable bonds is 6. The first-order chi connectivity index (χ1) is 15.6. The van der Waals surface area contributed by atoms with E-state index in [1.165, 1.54) is 18.9 Å². The summed E-state index contributed by atoms with van der Waals surface area (Å²) in [5.74, 6) is 1.70. The summed E-state index contributed by atoms with van der Waals surface area (Å²) in [4.78, 5) is 12.6. The van der Waals surface area contributed by atoms with Gasteiger partial charge in [0.15, 0.2) is 22.9 Å². The summed E-state index contributed by atoms with van der Waals surface area (Å²) in [6.07, 6.45) is 5.94. The van der Waals surface area contributed by atoms with Gasteiger partial charge >= 0.3 is 0 Å². The summed E-state index contributed by atoms with van der Waals surface area (Å²) < 4.78 is 31.5. The molecule has 1 amide bonds. The summed E-state index contributed by atoms with van der Waals surface area (Å²) in [7, 11) is 1.66. The van der Waals surface area contributed by atoms with Gasteiger partial charge in [0, 0.05) is 30.2 Å². The second kappa shape index (κ2) is 8.85. The van der Waals surface area contributed by atoms with Crippen molar-refractivity contribution in [3.8, 4) is 11.5 Å². The van der Waals surface area contributed by atoms with Crippen molar-refractivity contribution in [3.63, 3.8) is 0 Å². The van der Waals surface area contributed by atoms with Crippen LogP contribution in [0.25, 0.3) is 11.0 Å². The number of piperidine rings is 1. The molecular weight excluding hydrogens is 409 g/mol. The number of benzene rings is 2. The number of furan rings is 1. The van der Waals surface area contributed by atoms with Crippen LogP contribution < -0.4 is 14.8 Å². The number of methoxy groups -OCH3 is 1. The molecule has 2 aromatic carbocycles. The Morgan fingerprint density at radius 3 is 2.75 bits per heavy atom. The van der Waals surface area contributed by atoms with E-state index in [-0.39, 0.29) is 35.2 Å². The van der Waals surface area contributed by atoms with Crippen LogP contribution >= 0.6 is 0 Å². The minimum Gasteiger partial charge on any atom is -0.493 e. The van der Waals surface area contributed by atoms with Crippen molar-refractivity contribution < 1.29 is 23.1 Å². The van der Waals surface area contributed by atoms with Crippen LogP contribution in [0, 0.1) is 11.7 Å². The molecule has 2 atom stereocenters. The monoisotopic (exact) mass is 437 g/mol. The van der Waals surface area contributed by atoms with E-state index in [1.54, 1.807) is 13.2 Å². The van der Waals surface area contributed by atoms with Gasteiger partial charge in [-0.3, -0.25) is 4.79 Å². The molecule has 1 aromatic heterocycles. The predicted octanol–water partition coefficient (Wildman–Crippen LogP) is 5.36. The van der Waals surface area contributed by atoms with Crippen LogP contribution in [0.15, 0.2) is 46.9 Å². The van der Waals surface area contributed by atoms with E-state index in [9.17, 15) is 9.18 Å². The number of ether oxygens (including phenoxy) is 2. The average molecular weight is 438 g/mol. The van der Waals surface area contributed by atoms with Crippen LogP contribution in [0.3, 0.4) is 0 Å². The zero-order valence-electron chi connectivity index (χ0n) is 18.2. The standard InChI is InChI=1S/C26H28FNO4/c1-30-23-10-9-16(14-24(23)31-20-6-2-3-7-20)19-11-18(26(29)28-15-19)13-21-12-17-5-4-8-22(27)25(17)32-21/h4-5,8-10,12,14,18-20H,2-3,6-7,11,13,15H2,1H3,(H,28,29)/t18-,19+/m0/s1. The van der Waals surface area contributed by atoms with E-state index in [1.807, 2.05) is 18.2 Å². The normalized spacial score (nSPS) is 21.6. The SMILES string of the molecule is COc1ccc([C@H]2CNC(=O)[C@H](Cc3cc4cccc(F)c4o3)C2)cc1OC1CCCC1. The molecule has 2 fully saturated rings. The van der Waals surface area contributed by atoms with Crippen LogP contribution in [0.1, 0.15) is 49.3 Å². The third kappa shape index (κ3) is 4.18. The lowest BCUT2D eigenvalue weighted by atomic mass is 9.83. The maximum Gasteiger partial charge on any atom is 0.223 e. The van der Waals surface area contributed by atoms with Gasteiger partial charge < -0.3 is 19.2 Å². The number of para-hydroxylation sites is 1. The molecule has 2 heterocycles. The van der Waals surface area contributed by atoms with E-state index in [2.05, 4.69) is 17.4 Å². The quantitative estimate of drug-likeness (QED) is 0.564. The second-order valence-corrected chi connectivity index (χ2v) is 8.88. The summed E-state index contributed by atoms with van der Waals surface area (Å²) >= 11 is 0. The van der Waals surface area contributed by atoms with E-state index in [0.29, 0.717) is 25.1 Å². The molecule has 0 radical (unpaired) electrons. The Morgan fingerprint density at radius 2 is 1.97 bits per heavy atom. The molecule has 1 N–H and O–H groups in total. The Hall–Kier alpha value is -3.02. The second-order valence-electron chi connectivity index (χ2n) is 8.88. The molecular formula is C26H28FNO4. The number of hydrogen-bond acceptors (Lipinski definition) is 4. The molecule has 0 bridgehead atoms. The van der Waals surface area contributed by atoms with E-state index in [4.69, 9.17) is 13.9 Å². The van der Waals surface area contributed by atoms with Crippen molar-refractivity contribution in [2.75, 3.05) is 13.7 Å². The Bertz CT molecular complexity index is 1120. The first kappa shape index (κ1) is 20.9.